The Kier molecular flexibility index (Phi) is 12.3. The minimum atomic E-state index is -3.60. The molecule has 1 aliphatic carbocycles. The quantitative estimate of drug-likeness (QED) is 0.207. The number of carbonyl (C=O) groups excluding carboxylic acids is 2. The predicted molar refractivity (Wildman–Crippen MR) is 183 cm³/mol. The van der Waals surface area contributed by atoms with Gasteiger partial charge in [0.25, 0.3) is 0 Å². The number of benzene rings is 3. The van der Waals surface area contributed by atoms with Gasteiger partial charge >= 0.3 is 0 Å². The van der Waals surface area contributed by atoms with E-state index in [-0.39, 0.29) is 43.8 Å². The van der Waals surface area contributed by atoms with Crippen LogP contribution in [0, 0.1) is 13.8 Å². The normalized spacial score (nSPS) is 14.5. The molecule has 242 valence electrons. The molecule has 3 aromatic rings. The van der Waals surface area contributed by atoms with E-state index in [2.05, 4.69) is 5.32 Å². The summed E-state index contributed by atoms with van der Waals surface area (Å²) in [6.07, 6.45) is 6.86. The van der Waals surface area contributed by atoms with Crippen LogP contribution in [0.2, 0.25) is 10.0 Å². The molecule has 0 unspecified atom stereocenters. The Morgan fingerprint density at radius 2 is 1.58 bits per heavy atom. The molecule has 10 heteroatoms. The second-order valence-corrected chi connectivity index (χ2v) is 14.7. The van der Waals surface area contributed by atoms with Crippen LogP contribution in [0.5, 0.6) is 0 Å². The Hall–Kier alpha value is -3.07. The average Bonchev–Trinajstić information content (AvgIpc) is 3.00. The number of aryl methyl sites for hydroxylation is 2. The molecule has 0 aliphatic heterocycles. The maximum atomic E-state index is 14.2. The number of halogens is 2. The molecule has 0 spiro atoms. The molecule has 0 saturated heterocycles. The van der Waals surface area contributed by atoms with E-state index in [1.165, 1.54) is 10.6 Å². The summed E-state index contributed by atoms with van der Waals surface area (Å²) >= 11 is 13.1. The van der Waals surface area contributed by atoms with Crippen molar-refractivity contribution in [3.63, 3.8) is 0 Å². The molecule has 0 aromatic heterocycles. The summed E-state index contributed by atoms with van der Waals surface area (Å²) in [6, 6.07) is 19.6. The van der Waals surface area contributed by atoms with E-state index in [4.69, 9.17) is 23.2 Å². The summed E-state index contributed by atoms with van der Waals surface area (Å²) in [5.74, 6) is -0.491. The molecular weight excluding hydrogens is 629 g/mol. The standard InChI is InChI=1S/C35H43Cl2N3O4S/c1-25-19-20-29(22-26(25)2)40(45(3,43)44)21-11-18-34(41)39(24-30-31(36)16-10-17-32(30)37)33(23-27-12-6-4-7-13-27)35(42)38-28-14-8-5-9-15-28/h4,6-7,10,12-13,16-17,19-20,22,28,33H,5,8-9,11,14-15,18,21,23-24H2,1-3H3,(H,38,42)/t33-/m1/s1. The Morgan fingerprint density at radius 3 is 2.20 bits per heavy atom. The summed E-state index contributed by atoms with van der Waals surface area (Å²) in [5.41, 5.74) is 4.08. The number of sulfonamides is 1. The highest BCUT2D eigenvalue weighted by atomic mass is 35.5. The lowest BCUT2D eigenvalue weighted by Crippen LogP contribution is -2.53. The lowest BCUT2D eigenvalue weighted by Gasteiger charge is -2.34. The van der Waals surface area contributed by atoms with Crippen LogP contribution in [-0.4, -0.2) is 50.0 Å². The van der Waals surface area contributed by atoms with Crippen molar-refractivity contribution in [3.05, 3.63) is 99.0 Å². The van der Waals surface area contributed by atoms with Crippen molar-refractivity contribution in [1.82, 2.24) is 10.2 Å². The predicted octanol–water partition coefficient (Wildman–Crippen LogP) is 7.25. The van der Waals surface area contributed by atoms with Crippen molar-refractivity contribution >= 4 is 50.7 Å². The number of nitrogens with zero attached hydrogens (tertiary/aromatic N) is 2. The van der Waals surface area contributed by atoms with Gasteiger partial charge < -0.3 is 10.2 Å². The zero-order chi connectivity index (χ0) is 32.6. The molecule has 0 bridgehead atoms. The van der Waals surface area contributed by atoms with Gasteiger partial charge in [-0.2, -0.15) is 0 Å². The molecule has 4 rings (SSSR count). The van der Waals surface area contributed by atoms with Crippen LogP contribution < -0.4 is 9.62 Å². The number of carbonyl (C=O) groups is 2. The van der Waals surface area contributed by atoms with E-state index < -0.39 is 16.1 Å². The van der Waals surface area contributed by atoms with Crippen molar-refractivity contribution in [1.29, 1.82) is 0 Å². The van der Waals surface area contributed by atoms with E-state index in [1.54, 1.807) is 29.2 Å². The SMILES string of the molecule is Cc1ccc(N(CCCC(=O)N(Cc2c(Cl)cccc2Cl)[C@H](Cc2ccccc2)C(=O)NC2CCCCC2)S(C)(=O)=O)cc1C. The van der Waals surface area contributed by atoms with E-state index >= 15 is 0 Å². The van der Waals surface area contributed by atoms with Gasteiger partial charge in [-0.3, -0.25) is 13.9 Å². The molecule has 1 aliphatic rings. The number of amides is 2. The zero-order valence-corrected chi connectivity index (χ0v) is 28.6. The van der Waals surface area contributed by atoms with Crippen LogP contribution in [0.3, 0.4) is 0 Å². The third-order valence-electron chi connectivity index (χ3n) is 8.54. The molecule has 45 heavy (non-hydrogen) atoms. The fraction of sp³-hybridized carbons (Fsp3) is 0.429. The van der Waals surface area contributed by atoms with Gasteiger partial charge in [-0.05, 0) is 74.1 Å². The van der Waals surface area contributed by atoms with Crippen molar-refractivity contribution in [2.24, 2.45) is 0 Å². The minimum Gasteiger partial charge on any atom is -0.352 e. The number of hydrogen-bond donors (Lipinski definition) is 1. The van der Waals surface area contributed by atoms with Gasteiger partial charge in [0.2, 0.25) is 21.8 Å². The Bertz CT molecular complexity index is 1560. The van der Waals surface area contributed by atoms with Gasteiger partial charge in [-0.15, -0.1) is 0 Å². The summed E-state index contributed by atoms with van der Waals surface area (Å²) in [4.78, 5) is 29.7. The van der Waals surface area contributed by atoms with Crippen LogP contribution in [0.1, 0.15) is 67.2 Å². The van der Waals surface area contributed by atoms with E-state index in [0.29, 0.717) is 27.7 Å². The Balaban J connectivity index is 1.63. The summed E-state index contributed by atoms with van der Waals surface area (Å²) in [5, 5.41) is 4.04. The van der Waals surface area contributed by atoms with Gasteiger partial charge in [0, 0.05) is 47.6 Å². The monoisotopic (exact) mass is 671 g/mol. The molecule has 3 aromatic carbocycles. The lowest BCUT2D eigenvalue weighted by molar-refractivity contribution is -0.141. The molecule has 1 N–H and O–H groups in total. The fourth-order valence-electron chi connectivity index (χ4n) is 5.84. The molecule has 7 nitrogen and oxygen atoms in total. The number of nitrogens with one attached hydrogen (secondary N) is 1. The first-order valence-corrected chi connectivity index (χ1v) is 18.2. The first-order chi connectivity index (χ1) is 21.4. The first-order valence-electron chi connectivity index (χ1n) is 15.6. The van der Waals surface area contributed by atoms with Crippen molar-refractivity contribution in [2.75, 3.05) is 17.1 Å². The summed E-state index contributed by atoms with van der Waals surface area (Å²) in [7, 11) is -3.60. The Labute approximate surface area is 278 Å². The van der Waals surface area contributed by atoms with Gasteiger partial charge in [0.15, 0.2) is 0 Å². The smallest absolute Gasteiger partial charge is 0.243 e. The molecule has 0 heterocycles. The van der Waals surface area contributed by atoms with Crippen LogP contribution in [-0.2, 0) is 32.6 Å². The zero-order valence-electron chi connectivity index (χ0n) is 26.3. The number of anilines is 1. The van der Waals surface area contributed by atoms with Gasteiger partial charge in [-0.25, -0.2) is 8.42 Å². The van der Waals surface area contributed by atoms with E-state index in [9.17, 15) is 18.0 Å². The maximum Gasteiger partial charge on any atom is 0.243 e. The lowest BCUT2D eigenvalue weighted by atomic mass is 9.94. The van der Waals surface area contributed by atoms with Crippen LogP contribution in [0.15, 0.2) is 66.7 Å². The second-order valence-electron chi connectivity index (χ2n) is 12.0. The number of rotatable bonds is 13. The first kappa shape index (κ1) is 34.8. The van der Waals surface area contributed by atoms with Gasteiger partial charge in [0.05, 0.1) is 11.9 Å². The minimum absolute atomic E-state index is 0.0287. The van der Waals surface area contributed by atoms with E-state index in [0.717, 1.165) is 48.8 Å². The molecule has 1 saturated carbocycles. The van der Waals surface area contributed by atoms with Crippen molar-refractivity contribution in [3.8, 4) is 0 Å². The maximum absolute atomic E-state index is 14.2. The highest BCUT2D eigenvalue weighted by Crippen LogP contribution is 2.28. The van der Waals surface area contributed by atoms with Crippen molar-refractivity contribution in [2.45, 2.75) is 83.8 Å². The molecule has 1 fully saturated rings. The largest absolute Gasteiger partial charge is 0.352 e. The number of hydrogen-bond acceptors (Lipinski definition) is 4. The van der Waals surface area contributed by atoms with Gasteiger partial charge in [0.1, 0.15) is 6.04 Å². The second kappa shape index (κ2) is 16.0. The van der Waals surface area contributed by atoms with Crippen LogP contribution in [0.4, 0.5) is 5.69 Å². The third-order valence-corrected chi connectivity index (χ3v) is 10.4. The molecule has 0 radical (unpaired) electrons. The van der Waals surface area contributed by atoms with Crippen molar-refractivity contribution < 1.29 is 18.0 Å². The highest BCUT2D eigenvalue weighted by Gasteiger charge is 2.33. The molecule has 1 atom stereocenters. The summed E-state index contributed by atoms with van der Waals surface area (Å²) < 4.78 is 26.9. The molecular formula is C35H43Cl2N3O4S. The van der Waals surface area contributed by atoms with Crippen LogP contribution in [0.25, 0.3) is 0 Å². The summed E-state index contributed by atoms with van der Waals surface area (Å²) in [6.45, 7) is 4.07. The average molecular weight is 673 g/mol. The Morgan fingerprint density at radius 1 is 0.911 bits per heavy atom. The highest BCUT2D eigenvalue weighted by molar-refractivity contribution is 7.92. The topological polar surface area (TPSA) is 86.8 Å². The molecule has 2 amide bonds. The third kappa shape index (κ3) is 9.71. The van der Waals surface area contributed by atoms with E-state index in [1.807, 2.05) is 56.3 Å². The van der Waals surface area contributed by atoms with Crippen LogP contribution >= 0.6 is 23.2 Å². The van der Waals surface area contributed by atoms with Gasteiger partial charge in [-0.1, -0.05) is 84.9 Å². The fourth-order valence-corrected chi connectivity index (χ4v) is 7.31.